The Bertz CT molecular complexity index is 850. The van der Waals surface area contributed by atoms with Crippen molar-refractivity contribution in [3.8, 4) is 0 Å². The van der Waals surface area contributed by atoms with Gasteiger partial charge in [0.15, 0.2) is 5.78 Å². The standard InChI is InChI=1S/C26H32O2/c1-25-12-10-20(27)16-19(25)8-9-21-22(25)11-13-26(2)23(21)15-18(24(26)28)14-17-6-4-3-5-7-17/h3-8,14,20-23,27H,9-13,15-16H2,1-2H3/t20-,21+,22-,23+,25-,26+/m0/s1. The van der Waals surface area contributed by atoms with Crippen molar-refractivity contribution in [2.75, 3.05) is 0 Å². The van der Waals surface area contributed by atoms with Crippen molar-refractivity contribution in [1.29, 1.82) is 0 Å². The zero-order chi connectivity index (χ0) is 19.5. The molecule has 28 heavy (non-hydrogen) atoms. The van der Waals surface area contributed by atoms with Crippen LogP contribution < -0.4 is 0 Å². The van der Waals surface area contributed by atoms with Gasteiger partial charge >= 0.3 is 0 Å². The highest BCUT2D eigenvalue weighted by Crippen LogP contribution is 2.64. The molecule has 2 heteroatoms. The summed E-state index contributed by atoms with van der Waals surface area (Å²) in [6, 6.07) is 10.3. The molecule has 4 aliphatic rings. The summed E-state index contributed by atoms with van der Waals surface area (Å²) in [5.74, 6) is 2.14. The number of carbonyl (C=O) groups excluding carboxylic acids is 1. The highest BCUT2D eigenvalue weighted by molar-refractivity contribution is 6.05. The Labute approximate surface area is 168 Å². The fourth-order valence-electron chi connectivity index (χ4n) is 7.19. The minimum Gasteiger partial charge on any atom is -0.393 e. The fraction of sp³-hybridized carbons (Fsp3) is 0.577. The van der Waals surface area contributed by atoms with Crippen LogP contribution in [0.2, 0.25) is 0 Å². The molecule has 4 aliphatic carbocycles. The Morgan fingerprint density at radius 3 is 2.54 bits per heavy atom. The molecular formula is C26H32O2. The van der Waals surface area contributed by atoms with E-state index in [2.05, 4.69) is 38.1 Å². The zero-order valence-corrected chi connectivity index (χ0v) is 17.2. The Hall–Kier alpha value is -1.67. The van der Waals surface area contributed by atoms with E-state index in [1.165, 1.54) is 5.57 Å². The first-order valence-electron chi connectivity index (χ1n) is 11.1. The van der Waals surface area contributed by atoms with Crippen LogP contribution in [0.25, 0.3) is 6.08 Å². The van der Waals surface area contributed by atoms with Crippen molar-refractivity contribution in [3.05, 3.63) is 53.1 Å². The minimum atomic E-state index is -0.183. The molecule has 0 bridgehead atoms. The molecule has 1 N–H and O–H groups in total. The van der Waals surface area contributed by atoms with Gasteiger partial charge in [-0.05, 0) is 85.3 Å². The van der Waals surface area contributed by atoms with E-state index in [4.69, 9.17) is 0 Å². The maximum Gasteiger partial charge on any atom is 0.165 e. The monoisotopic (exact) mass is 376 g/mol. The van der Waals surface area contributed by atoms with Crippen LogP contribution >= 0.6 is 0 Å². The summed E-state index contributed by atoms with van der Waals surface area (Å²) >= 11 is 0. The molecule has 0 aliphatic heterocycles. The van der Waals surface area contributed by atoms with E-state index in [0.29, 0.717) is 23.5 Å². The predicted molar refractivity (Wildman–Crippen MR) is 113 cm³/mol. The van der Waals surface area contributed by atoms with Crippen LogP contribution in [0.15, 0.2) is 47.6 Å². The quantitative estimate of drug-likeness (QED) is 0.514. The van der Waals surface area contributed by atoms with Gasteiger partial charge in [-0.15, -0.1) is 0 Å². The highest BCUT2D eigenvalue weighted by atomic mass is 16.3. The molecule has 0 radical (unpaired) electrons. The summed E-state index contributed by atoms with van der Waals surface area (Å²) in [6.45, 7) is 4.69. The van der Waals surface area contributed by atoms with Crippen LogP contribution in [0.5, 0.6) is 0 Å². The molecule has 148 valence electrons. The molecule has 6 atom stereocenters. The van der Waals surface area contributed by atoms with Gasteiger partial charge in [0, 0.05) is 5.41 Å². The number of ketones is 1. The molecule has 0 heterocycles. The van der Waals surface area contributed by atoms with Gasteiger partial charge in [-0.2, -0.15) is 0 Å². The maximum absolute atomic E-state index is 13.4. The van der Waals surface area contributed by atoms with Crippen LogP contribution in [0, 0.1) is 28.6 Å². The smallest absolute Gasteiger partial charge is 0.165 e. The average molecular weight is 377 g/mol. The largest absolute Gasteiger partial charge is 0.393 e. The van der Waals surface area contributed by atoms with E-state index in [1.807, 2.05) is 18.2 Å². The SMILES string of the molecule is C[C@@]12CC[C@H]3[C@@H](CC=C4C[C@@H](O)CC[C@@]43C)[C@H]1CC(=Cc1ccccc1)C2=O. The summed E-state index contributed by atoms with van der Waals surface area (Å²) in [7, 11) is 0. The number of allylic oxidation sites excluding steroid dienone is 2. The lowest BCUT2D eigenvalue weighted by Gasteiger charge is -2.56. The van der Waals surface area contributed by atoms with E-state index in [9.17, 15) is 9.90 Å². The van der Waals surface area contributed by atoms with Gasteiger partial charge in [0.25, 0.3) is 0 Å². The number of aliphatic hydroxyl groups excluding tert-OH is 1. The normalized spacial score (nSPS) is 43.9. The van der Waals surface area contributed by atoms with Crippen molar-refractivity contribution >= 4 is 11.9 Å². The van der Waals surface area contributed by atoms with Crippen LogP contribution in [-0.4, -0.2) is 17.0 Å². The van der Waals surface area contributed by atoms with Crippen molar-refractivity contribution in [2.45, 2.75) is 64.9 Å². The molecular weight excluding hydrogens is 344 g/mol. The molecule has 3 saturated carbocycles. The number of benzene rings is 1. The average Bonchev–Trinajstić information content (AvgIpc) is 2.94. The summed E-state index contributed by atoms with van der Waals surface area (Å²) in [4.78, 5) is 13.4. The number of fused-ring (bicyclic) bond motifs is 5. The maximum atomic E-state index is 13.4. The van der Waals surface area contributed by atoms with Gasteiger partial charge in [0.2, 0.25) is 0 Å². The van der Waals surface area contributed by atoms with E-state index in [-0.39, 0.29) is 16.9 Å². The number of carbonyl (C=O) groups is 1. The Kier molecular flexibility index (Phi) is 4.21. The summed E-state index contributed by atoms with van der Waals surface area (Å²) in [5, 5.41) is 10.2. The fourth-order valence-corrected chi connectivity index (χ4v) is 7.19. The molecule has 2 nitrogen and oxygen atoms in total. The van der Waals surface area contributed by atoms with Crippen molar-refractivity contribution in [2.24, 2.45) is 28.6 Å². The lowest BCUT2D eigenvalue weighted by molar-refractivity contribution is -0.130. The van der Waals surface area contributed by atoms with Crippen molar-refractivity contribution in [1.82, 2.24) is 0 Å². The van der Waals surface area contributed by atoms with Crippen LogP contribution in [-0.2, 0) is 4.79 Å². The molecule has 0 amide bonds. The van der Waals surface area contributed by atoms with Crippen molar-refractivity contribution in [3.63, 3.8) is 0 Å². The van der Waals surface area contributed by atoms with Crippen molar-refractivity contribution < 1.29 is 9.90 Å². The van der Waals surface area contributed by atoms with Crippen LogP contribution in [0.1, 0.15) is 64.4 Å². The predicted octanol–water partition coefficient (Wildman–Crippen LogP) is 5.57. The van der Waals surface area contributed by atoms with Gasteiger partial charge in [-0.1, -0.05) is 55.8 Å². The first-order valence-corrected chi connectivity index (χ1v) is 11.1. The van der Waals surface area contributed by atoms with E-state index in [1.54, 1.807) is 0 Å². The molecule has 1 aromatic rings. The number of aliphatic hydroxyl groups is 1. The number of rotatable bonds is 1. The lowest BCUT2D eigenvalue weighted by Crippen LogP contribution is -2.50. The molecule has 1 aromatic carbocycles. The van der Waals surface area contributed by atoms with Crippen LogP contribution in [0.4, 0.5) is 0 Å². The minimum absolute atomic E-state index is 0.154. The van der Waals surface area contributed by atoms with Gasteiger partial charge in [0.05, 0.1) is 6.10 Å². The molecule has 0 saturated heterocycles. The molecule has 0 unspecified atom stereocenters. The highest BCUT2D eigenvalue weighted by Gasteiger charge is 2.59. The molecule has 3 fully saturated rings. The van der Waals surface area contributed by atoms with E-state index >= 15 is 0 Å². The Morgan fingerprint density at radius 2 is 1.75 bits per heavy atom. The third-order valence-electron chi connectivity index (χ3n) is 8.86. The van der Waals surface area contributed by atoms with E-state index in [0.717, 1.165) is 56.1 Å². The van der Waals surface area contributed by atoms with Crippen LogP contribution in [0.3, 0.4) is 0 Å². The zero-order valence-electron chi connectivity index (χ0n) is 17.2. The number of hydrogen-bond acceptors (Lipinski definition) is 2. The summed E-state index contributed by atoms with van der Waals surface area (Å²) in [5.41, 5.74) is 3.73. The third-order valence-corrected chi connectivity index (χ3v) is 8.86. The van der Waals surface area contributed by atoms with E-state index < -0.39 is 0 Å². The number of hydrogen-bond donors (Lipinski definition) is 1. The van der Waals surface area contributed by atoms with Gasteiger partial charge < -0.3 is 5.11 Å². The second-order valence-electron chi connectivity index (χ2n) is 10.2. The van der Waals surface area contributed by atoms with Gasteiger partial charge in [0.1, 0.15) is 0 Å². The lowest BCUT2D eigenvalue weighted by atomic mass is 9.48. The molecule has 0 aromatic heterocycles. The summed E-state index contributed by atoms with van der Waals surface area (Å²) < 4.78 is 0. The topological polar surface area (TPSA) is 37.3 Å². The molecule has 0 spiro atoms. The first kappa shape index (κ1) is 18.4. The second kappa shape index (κ2) is 6.42. The van der Waals surface area contributed by atoms with Gasteiger partial charge in [-0.3, -0.25) is 4.79 Å². The van der Waals surface area contributed by atoms with Gasteiger partial charge in [-0.25, -0.2) is 0 Å². The summed E-state index contributed by atoms with van der Waals surface area (Å²) in [6.07, 6.45) is 11.5. The first-order chi connectivity index (χ1) is 13.4. The Morgan fingerprint density at radius 1 is 1.00 bits per heavy atom. The number of Topliss-reactive ketones (excluding diaryl/α,β-unsaturated/α-hetero) is 1. The molecule has 5 rings (SSSR count). The second-order valence-corrected chi connectivity index (χ2v) is 10.2. The Balaban J connectivity index is 1.48. The third kappa shape index (κ3) is 2.60.